The van der Waals surface area contributed by atoms with Crippen LogP contribution in [0.25, 0.3) is 44.1 Å². The Labute approximate surface area is 158 Å². The number of rotatable bonds is 2. The van der Waals surface area contributed by atoms with Crippen molar-refractivity contribution in [3.05, 3.63) is 72.3 Å². The summed E-state index contributed by atoms with van der Waals surface area (Å²) in [6, 6.07) is 13.3. The minimum Gasteiger partial charge on any atom is -0.361 e. The van der Waals surface area contributed by atoms with Gasteiger partial charge in [0.05, 0.1) is 0 Å². The quantitative estimate of drug-likeness (QED) is 0.406. The van der Waals surface area contributed by atoms with Crippen LogP contribution in [-0.4, -0.2) is 14.1 Å². The Morgan fingerprint density at radius 2 is 1.37 bits per heavy atom. The third kappa shape index (κ3) is 2.42. The minimum absolute atomic E-state index is 1.18. The van der Waals surface area contributed by atoms with E-state index in [0.29, 0.717) is 0 Å². The number of nitrogens with one attached hydrogen (secondary N) is 1. The zero-order valence-electron chi connectivity index (χ0n) is 16.2. The van der Waals surface area contributed by atoms with Crippen LogP contribution in [0, 0.1) is 13.8 Å². The molecule has 0 bridgehead atoms. The van der Waals surface area contributed by atoms with Crippen LogP contribution >= 0.6 is 0 Å². The van der Waals surface area contributed by atoms with Crippen molar-refractivity contribution in [1.82, 2.24) is 14.1 Å². The molecule has 0 saturated carbocycles. The largest absolute Gasteiger partial charge is 0.361 e. The van der Waals surface area contributed by atoms with E-state index in [1.807, 2.05) is 0 Å². The van der Waals surface area contributed by atoms with E-state index in [2.05, 4.69) is 103 Å². The van der Waals surface area contributed by atoms with Crippen LogP contribution in [0.15, 0.2) is 61.2 Å². The molecule has 3 heteroatoms. The monoisotopic (exact) mass is 353 g/mol. The number of aryl methyl sites for hydroxylation is 4. The molecule has 0 aliphatic rings. The second-order valence-electron chi connectivity index (χ2n) is 7.68. The van der Waals surface area contributed by atoms with Gasteiger partial charge in [0.25, 0.3) is 0 Å². The summed E-state index contributed by atoms with van der Waals surface area (Å²) in [6.45, 7) is 4.31. The van der Waals surface area contributed by atoms with Crippen molar-refractivity contribution < 1.29 is 0 Å². The fraction of sp³-hybridized carbons (Fsp3) is 0.167. The summed E-state index contributed by atoms with van der Waals surface area (Å²) < 4.78 is 4.38. The normalized spacial score (nSPS) is 11.7. The van der Waals surface area contributed by atoms with Crippen LogP contribution in [-0.2, 0) is 14.1 Å². The summed E-state index contributed by atoms with van der Waals surface area (Å²) in [5.74, 6) is 0. The zero-order valence-corrected chi connectivity index (χ0v) is 16.2. The van der Waals surface area contributed by atoms with Gasteiger partial charge < -0.3 is 14.1 Å². The number of benzene rings is 2. The third-order valence-corrected chi connectivity index (χ3v) is 5.52. The van der Waals surface area contributed by atoms with Crippen molar-refractivity contribution >= 4 is 21.8 Å². The Kier molecular flexibility index (Phi) is 3.35. The molecule has 3 aromatic heterocycles. The molecule has 2 aromatic carbocycles. The number of H-pyrrole nitrogens is 1. The number of hydrogen-bond acceptors (Lipinski definition) is 0. The molecule has 3 heterocycles. The maximum Gasteiger partial charge on any atom is 0.0484 e. The smallest absolute Gasteiger partial charge is 0.0484 e. The fourth-order valence-corrected chi connectivity index (χ4v) is 4.19. The molecule has 0 spiro atoms. The molecule has 0 amide bonds. The van der Waals surface area contributed by atoms with Crippen LogP contribution in [0.4, 0.5) is 0 Å². The summed E-state index contributed by atoms with van der Waals surface area (Å²) in [5, 5.41) is 2.58. The van der Waals surface area contributed by atoms with Gasteiger partial charge >= 0.3 is 0 Å². The SMILES string of the molecule is Cc1ccc2[nH]cc(-c3cn(C)cc3-c3cn(C)c4ccc(C)cc34)c2c1. The summed E-state index contributed by atoms with van der Waals surface area (Å²) in [5.41, 5.74) is 10.1. The molecule has 5 aromatic rings. The Hall–Kier alpha value is -3.20. The lowest BCUT2D eigenvalue weighted by atomic mass is 9.97. The molecule has 0 fully saturated rings. The van der Waals surface area contributed by atoms with Gasteiger partial charge in [0.2, 0.25) is 0 Å². The Morgan fingerprint density at radius 3 is 2.15 bits per heavy atom. The van der Waals surface area contributed by atoms with E-state index in [4.69, 9.17) is 0 Å². The van der Waals surface area contributed by atoms with Crippen molar-refractivity contribution in [3.63, 3.8) is 0 Å². The van der Waals surface area contributed by atoms with Gasteiger partial charge in [-0.25, -0.2) is 0 Å². The van der Waals surface area contributed by atoms with E-state index in [1.165, 1.54) is 55.2 Å². The standard InChI is InChI=1S/C24H23N3/c1-15-5-7-23-17(9-15)19(11-25-23)20-12-26(3)13-21(20)22-14-27(4)24-8-6-16(2)10-18(22)24/h5-14,25H,1-4H3. The summed E-state index contributed by atoms with van der Waals surface area (Å²) in [4.78, 5) is 3.44. The van der Waals surface area contributed by atoms with Crippen molar-refractivity contribution in [2.24, 2.45) is 14.1 Å². The number of aromatic nitrogens is 3. The van der Waals surface area contributed by atoms with Crippen molar-refractivity contribution in [1.29, 1.82) is 0 Å². The molecule has 0 saturated heterocycles. The highest BCUT2D eigenvalue weighted by atomic mass is 14.9. The first-order valence-electron chi connectivity index (χ1n) is 9.31. The van der Waals surface area contributed by atoms with Crippen LogP contribution in [0.5, 0.6) is 0 Å². The molecule has 0 aliphatic carbocycles. The van der Waals surface area contributed by atoms with Crippen LogP contribution < -0.4 is 0 Å². The number of hydrogen-bond donors (Lipinski definition) is 1. The van der Waals surface area contributed by atoms with Gasteiger partial charge in [-0.3, -0.25) is 0 Å². The average Bonchev–Trinajstić information content (AvgIpc) is 3.30. The molecule has 5 rings (SSSR count). The van der Waals surface area contributed by atoms with E-state index in [9.17, 15) is 0 Å². The van der Waals surface area contributed by atoms with Gasteiger partial charge in [-0.1, -0.05) is 23.3 Å². The van der Waals surface area contributed by atoms with Crippen LogP contribution in [0.3, 0.4) is 0 Å². The van der Waals surface area contributed by atoms with Gasteiger partial charge in [0, 0.05) is 82.9 Å². The number of nitrogens with zero attached hydrogens (tertiary/aromatic N) is 2. The highest BCUT2D eigenvalue weighted by Gasteiger charge is 2.17. The van der Waals surface area contributed by atoms with E-state index >= 15 is 0 Å². The van der Waals surface area contributed by atoms with Crippen LogP contribution in [0.1, 0.15) is 11.1 Å². The molecule has 0 radical (unpaired) electrons. The molecule has 0 atom stereocenters. The molecule has 134 valence electrons. The highest BCUT2D eigenvalue weighted by molar-refractivity contribution is 6.04. The molecule has 0 unspecified atom stereocenters. The Balaban J connectivity index is 1.81. The Bertz CT molecular complexity index is 1310. The van der Waals surface area contributed by atoms with E-state index in [1.54, 1.807) is 0 Å². The maximum absolute atomic E-state index is 3.44. The summed E-state index contributed by atoms with van der Waals surface area (Å²) in [7, 11) is 4.22. The highest BCUT2D eigenvalue weighted by Crippen LogP contribution is 2.40. The second-order valence-corrected chi connectivity index (χ2v) is 7.68. The zero-order chi connectivity index (χ0) is 18.7. The van der Waals surface area contributed by atoms with Crippen molar-refractivity contribution in [2.45, 2.75) is 13.8 Å². The maximum atomic E-state index is 3.44. The molecule has 3 nitrogen and oxygen atoms in total. The summed E-state index contributed by atoms with van der Waals surface area (Å²) >= 11 is 0. The first-order chi connectivity index (χ1) is 13.0. The van der Waals surface area contributed by atoms with Crippen LogP contribution in [0.2, 0.25) is 0 Å². The molecule has 0 aliphatic heterocycles. The molecule has 27 heavy (non-hydrogen) atoms. The van der Waals surface area contributed by atoms with Crippen molar-refractivity contribution in [3.8, 4) is 22.3 Å². The van der Waals surface area contributed by atoms with Gasteiger partial charge in [-0.15, -0.1) is 0 Å². The Morgan fingerprint density at radius 1 is 0.704 bits per heavy atom. The third-order valence-electron chi connectivity index (χ3n) is 5.52. The molecular formula is C24H23N3. The van der Waals surface area contributed by atoms with E-state index < -0.39 is 0 Å². The second kappa shape index (κ2) is 5.65. The first-order valence-corrected chi connectivity index (χ1v) is 9.31. The predicted octanol–water partition coefficient (Wildman–Crippen LogP) is 5.95. The first kappa shape index (κ1) is 16.0. The van der Waals surface area contributed by atoms with Crippen molar-refractivity contribution in [2.75, 3.05) is 0 Å². The minimum atomic E-state index is 1.18. The van der Waals surface area contributed by atoms with Gasteiger partial charge in [0.15, 0.2) is 0 Å². The molecule has 1 N–H and O–H groups in total. The lowest BCUT2D eigenvalue weighted by molar-refractivity contribution is 0.929. The fourth-order valence-electron chi connectivity index (χ4n) is 4.19. The van der Waals surface area contributed by atoms with Gasteiger partial charge in [-0.05, 0) is 38.1 Å². The molecular weight excluding hydrogens is 330 g/mol. The predicted molar refractivity (Wildman–Crippen MR) is 114 cm³/mol. The van der Waals surface area contributed by atoms with Gasteiger partial charge in [0.1, 0.15) is 0 Å². The number of aromatic amines is 1. The lowest BCUT2D eigenvalue weighted by Gasteiger charge is -2.04. The van der Waals surface area contributed by atoms with E-state index in [0.717, 1.165) is 0 Å². The average molecular weight is 353 g/mol. The van der Waals surface area contributed by atoms with Gasteiger partial charge in [-0.2, -0.15) is 0 Å². The summed E-state index contributed by atoms with van der Waals surface area (Å²) in [6.07, 6.45) is 8.86. The number of fused-ring (bicyclic) bond motifs is 2. The topological polar surface area (TPSA) is 25.6 Å². The van der Waals surface area contributed by atoms with E-state index in [-0.39, 0.29) is 0 Å². The lowest BCUT2D eigenvalue weighted by Crippen LogP contribution is -1.82.